The van der Waals surface area contributed by atoms with Crippen LogP contribution in [0.15, 0.2) is 12.1 Å². The Bertz CT molecular complexity index is 499. The van der Waals surface area contributed by atoms with Crippen LogP contribution in [-0.4, -0.2) is 28.5 Å². The van der Waals surface area contributed by atoms with Crippen molar-refractivity contribution in [1.82, 2.24) is 10.3 Å². The van der Waals surface area contributed by atoms with Crippen molar-refractivity contribution in [2.24, 2.45) is 11.8 Å². The highest BCUT2D eigenvalue weighted by atomic mass is 16.4. The Kier molecular flexibility index (Phi) is 3.32. The third-order valence-corrected chi connectivity index (χ3v) is 3.35. The minimum Gasteiger partial charge on any atom is -0.478 e. The third kappa shape index (κ3) is 2.67. The Morgan fingerprint density at radius 3 is 2.67 bits per heavy atom. The monoisotopic (exact) mass is 248 g/mol. The van der Waals surface area contributed by atoms with Crippen molar-refractivity contribution in [2.75, 3.05) is 6.54 Å². The number of hydrogen-bond acceptors (Lipinski definition) is 3. The molecule has 0 aliphatic heterocycles. The Labute approximate surface area is 105 Å². The summed E-state index contributed by atoms with van der Waals surface area (Å²) in [6, 6.07) is 2.86. The molecule has 0 bridgehead atoms. The van der Waals surface area contributed by atoms with Gasteiger partial charge in [-0.15, -0.1) is 0 Å². The van der Waals surface area contributed by atoms with Crippen molar-refractivity contribution in [3.8, 4) is 0 Å². The largest absolute Gasteiger partial charge is 0.478 e. The maximum Gasteiger partial charge on any atom is 0.337 e. The van der Waals surface area contributed by atoms with Crippen LogP contribution in [0.3, 0.4) is 0 Å². The summed E-state index contributed by atoms with van der Waals surface area (Å²) in [5.74, 6) is -0.00405. The van der Waals surface area contributed by atoms with Crippen molar-refractivity contribution in [3.63, 3.8) is 0 Å². The van der Waals surface area contributed by atoms with Gasteiger partial charge in [0.1, 0.15) is 5.69 Å². The Morgan fingerprint density at radius 2 is 2.17 bits per heavy atom. The third-order valence-electron chi connectivity index (χ3n) is 3.35. The zero-order chi connectivity index (χ0) is 13.3. The van der Waals surface area contributed by atoms with Crippen LogP contribution in [0.4, 0.5) is 0 Å². The van der Waals surface area contributed by atoms with Crippen LogP contribution in [0.2, 0.25) is 0 Å². The molecular weight excluding hydrogens is 232 g/mol. The fourth-order valence-corrected chi connectivity index (χ4v) is 1.91. The van der Waals surface area contributed by atoms with E-state index in [1.165, 1.54) is 12.1 Å². The Balaban J connectivity index is 2.01. The van der Waals surface area contributed by atoms with E-state index < -0.39 is 5.97 Å². The van der Waals surface area contributed by atoms with E-state index >= 15 is 0 Å². The Morgan fingerprint density at radius 1 is 1.50 bits per heavy atom. The molecule has 0 spiro atoms. The number of hydrogen-bond donors (Lipinski definition) is 2. The fraction of sp³-hybridized carbons (Fsp3) is 0.462. The second kappa shape index (κ2) is 4.76. The maximum atomic E-state index is 11.8. The number of aromatic carboxylic acids is 1. The van der Waals surface area contributed by atoms with Crippen molar-refractivity contribution in [3.05, 3.63) is 29.1 Å². The van der Waals surface area contributed by atoms with E-state index in [1.54, 1.807) is 6.92 Å². The number of carbonyl (C=O) groups is 2. The average molecular weight is 248 g/mol. The van der Waals surface area contributed by atoms with Crippen molar-refractivity contribution >= 4 is 11.9 Å². The molecule has 1 aromatic heterocycles. The second-order valence-electron chi connectivity index (χ2n) is 4.82. The molecule has 2 N–H and O–H groups in total. The minimum absolute atomic E-state index is 0.127. The predicted molar refractivity (Wildman–Crippen MR) is 65.5 cm³/mol. The van der Waals surface area contributed by atoms with Crippen LogP contribution in [-0.2, 0) is 0 Å². The number of carbonyl (C=O) groups excluding carboxylic acids is 1. The van der Waals surface area contributed by atoms with Gasteiger partial charge in [-0.25, -0.2) is 9.78 Å². The highest BCUT2D eigenvalue weighted by molar-refractivity contribution is 5.94. The molecule has 0 aromatic carbocycles. The van der Waals surface area contributed by atoms with Crippen LogP contribution >= 0.6 is 0 Å². The topological polar surface area (TPSA) is 79.3 Å². The molecule has 1 saturated carbocycles. The van der Waals surface area contributed by atoms with Gasteiger partial charge in [0.05, 0.1) is 11.3 Å². The van der Waals surface area contributed by atoms with Gasteiger partial charge in [0, 0.05) is 6.54 Å². The second-order valence-corrected chi connectivity index (χ2v) is 4.82. The van der Waals surface area contributed by atoms with E-state index in [1.807, 2.05) is 0 Å². The Hall–Kier alpha value is -1.91. The lowest BCUT2D eigenvalue weighted by Gasteiger charge is -2.06. The van der Waals surface area contributed by atoms with Gasteiger partial charge in [-0.3, -0.25) is 4.79 Å². The summed E-state index contributed by atoms with van der Waals surface area (Å²) in [7, 11) is 0. The zero-order valence-corrected chi connectivity index (χ0v) is 10.4. The number of pyridine rings is 1. The lowest BCUT2D eigenvalue weighted by Crippen LogP contribution is -2.27. The number of nitrogens with zero attached hydrogens (tertiary/aromatic N) is 1. The first-order valence-electron chi connectivity index (χ1n) is 5.98. The van der Waals surface area contributed by atoms with E-state index in [-0.39, 0.29) is 17.2 Å². The van der Waals surface area contributed by atoms with Crippen LogP contribution in [0.25, 0.3) is 0 Å². The molecule has 2 unspecified atom stereocenters. The first-order valence-corrected chi connectivity index (χ1v) is 5.98. The van der Waals surface area contributed by atoms with Crippen LogP contribution < -0.4 is 5.32 Å². The summed E-state index contributed by atoms with van der Waals surface area (Å²) in [4.78, 5) is 26.6. The van der Waals surface area contributed by atoms with E-state index in [2.05, 4.69) is 17.2 Å². The summed E-state index contributed by atoms with van der Waals surface area (Å²) in [5.41, 5.74) is 0.753. The fourth-order valence-electron chi connectivity index (χ4n) is 1.91. The van der Waals surface area contributed by atoms with E-state index in [4.69, 9.17) is 5.11 Å². The number of carboxylic acid groups (broad SMARTS) is 1. The molecule has 18 heavy (non-hydrogen) atoms. The number of aryl methyl sites for hydroxylation is 1. The maximum absolute atomic E-state index is 11.8. The van der Waals surface area contributed by atoms with Crippen LogP contribution in [0.5, 0.6) is 0 Å². The molecule has 2 rings (SSSR count). The molecule has 96 valence electrons. The van der Waals surface area contributed by atoms with Gasteiger partial charge in [0.15, 0.2) is 0 Å². The smallest absolute Gasteiger partial charge is 0.337 e. The first kappa shape index (κ1) is 12.5. The summed E-state index contributed by atoms with van der Waals surface area (Å²) in [5, 5.41) is 11.7. The van der Waals surface area contributed by atoms with Gasteiger partial charge < -0.3 is 10.4 Å². The van der Waals surface area contributed by atoms with Gasteiger partial charge in [-0.2, -0.15) is 0 Å². The van der Waals surface area contributed by atoms with E-state index in [0.717, 1.165) is 6.42 Å². The van der Waals surface area contributed by atoms with Crippen molar-refractivity contribution in [2.45, 2.75) is 20.3 Å². The average Bonchev–Trinajstić information content (AvgIpc) is 3.01. The lowest BCUT2D eigenvalue weighted by molar-refractivity contribution is 0.0694. The highest BCUT2D eigenvalue weighted by Crippen LogP contribution is 2.36. The molecule has 1 aliphatic rings. The number of rotatable bonds is 4. The van der Waals surface area contributed by atoms with E-state index in [0.29, 0.717) is 24.1 Å². The van der Waals surface area contributed by atoms with Crippen LogP contribution in [0, 0.1) is 18.8 Å². The number of amides is 1. The van der Waals surface area contributed by atoms with Crippen molar-refractivity contribution in [1.29, 1.82) is 0 Å². The van der Waals surface area contributed by atoms with Gasteiger partial charge in [-0.05, 0) is 37.3 Å². The number of aromatic nitrogens is 1. The SMILES string of the molecule is Cc1nc(C(=O)NCC2CC2C)ccc1C(=O)O. The minimum atomic E-state index is -1.03. The van der Waals surface area contributed by atoms with Crippen LogP contribution in [0.1, 0.15) is 39.9 Å². The zero-order valence-electron chi connectivity index (χ0n) is 10.4. The molecule has 1 fully saturated rings. The summed E-state index contributed by atoms with van der Waals surface area (Å²) in [6.45, 7) is 4.41. The molecule has 5 heteroatoms. The quantitative estimate of drug-likeness (QED) is 0.845. The van der Waals surface area contributed by atoms with Gasteiger partial charge in [0.25, 0.3) is 5.91 Å². The molecule has 0 saturated heterocycles. The van der Waals surface area contributed by atoms with E-state index in [9.17, 15) is 9.59 Å². The number of carboxylic acids is 1. The molecule has 0 radical (unpaired) electrons. The summed E-state index contributed by atoms with van der Waals surface area (Å²) < 4.78 is 0. The predicted octanol–water partition coefficient (Wildman–Crippen LogP) is 1.47. The first-order chi connectivity index (χ1) is 8.49. The molecule has 2 atom stereocenters. The highest BCUT2D eigenvalue weighted by Gasteiger charge is 2.32. The molecule has 1 heterocycles. The summed E-state index contributed by atoms with van der Waals surface area (Å²) >= 11 is 0. The van der Waals surface area contributed by atoms with Gasteiger partial charge in [-0.1, -0.05) is 6.92 Å². The molecule has 1 aromatic rings. The van der Waals surface area contributed by atoms with Crippen molar-refractivity contribution < 1.29 is 14.7 Å². The van der Waals surface area contributed by atoms with Gasteiger partial charge in [0.2, 0.25) is 0 Å². The molecule has 1 aliphatic carbocycles. The molecule has 5 nitrogen and oxygen atoms in total. The normalized spacial score (nSPS) is 21.4. The van der Waals surface area contributed by atoms with Gasteiger partial charge >= 0.3 is 5.97 Å². The number of nitrogens with one attached hydrogen (secondary N) is 1. The molecular formula is C13H16N2O3. The standard InChI is InChI=1S/C13H16N2O3/c1-7-5-9(7)6-14-12(16)11-4-3-10(13(17)18)8(2)15-11/h3-4,7,9H,5-6H2,1-2H3,(H,14,16)(H,17,18). The lowest BCUT2D eigenvalue weighted by atomic mass is 10.2. The molecule has 1 amide bonds. The summed E-state index contributed by atoms with van der Waals surface area (Å²) in [6.07, 6.45) is 1.16.